The summed E-state index contributed by atoms with van der Waals surface area (Å²) in [6.07, 6.45) is 1.60. The number of nitrogens with one attached hydrogen (secondary N) is 1. The lowest BCUT2D eigenvalue weighted by atomic mass is 10.1. The molecule has 2 rings (SSSR count). The molecule has 0 aliphatic carbocycles. The van der Waals surface area contributed by atoms with Crippen LogP contribution in [0.15, 0.2) is 42.5 Å². The molecule has 6 nitrogen and oxygen atoms in total. The minimum Gasteiger partial charge on any atom is -0.494 e. The van der Waals surface area contributed by atoms with Crippen molar-refractivity contribution < 1.29 is 17.9 Å². The second-order valence-electron chi connectivity index (χ2n) is 6.83. The van der Waals surface area contributed by atoms with Crippen molar-refractivity contribution in [2.24, 2.45) is 0 Å². The number of carbonyl (C=O) groups excluding carboxylic acids is 1. The third-order valence-electron chi connectivity index (χ3n) is 4.41. The summed E-state index contributed by atoms with van der Waals surface area (Å²) in [5.74, 6) is 0.613. The molecule has 0 bridgehead atoms. The van der Waals surface area contributed by atoms with Gasteiger partial charge in [-0.2, -0.15) is 0 Å². The van der Waals surface area contributed by atoms with Gasteiger partial charge in [0.2, 0.25) is 15.9 Å². The Morgan fingerprint density at radius 1 is 1.17 bits per heavy atom. The molecule has 0 radical (unpaired) electrons. The fourth-order valence-corrected chi connectivity index (χ4v) is 4.35. The summed E-state index contributed by atoms with van der Waals surface area (Å²) in [6.45, 7) is 4.52. The number of nitrogens with zero attached hydrogens (tertiary/aromatic N) is 1. The van der Waals surface area contributed by atoms with Gasteiger partial charge in [-0.1, -0.05) is 35.3 Å². The van der Waals surface area contributed by atoms with E-state index < -0.39 is 10.0 Å². The van der Waals surface area contributed by atoms with Crippen molar-refractivity contribution in [3.05, 3.63) is 58.1 Å². The van der Waals surface area contributed by atoms with Gasteiger partial charge in [-0.15, -0.1) is 0 Å². The van der Waals surface area contributed by atoms with Crippen LogP contribution in [0.1, 0.15) is 38.3 Å². The number of carbonyl (C=O) groups is 1. The van der Waals surface area contributed by atoms with E-state index in [4.69, 9.17) is 27.9 Å². The predicted molar refractivity (Wildman–Crippen MR) is 122 cm³/mol. The maximum absolute atomic E-state index is 12.3. The fourth-order valence-electron chi connectivity index (χ4n) is 2.94. The molecular weight excluding hydrogens is 447 g/mol. The van der Waals surface area contributed by atoms with Crippen LogP contribution in [0.3, 0.4) is 0 Å². The normalized spacial score (nSPS) is 12.3. The van der Waals surface area contributed by atoms with E-state index in [9.17, 15) is 13.2 Å². The van der Waals surface area contributed by atoms with Crippen LogP contribution in [0, 0.1) is 0 Å². The second kappa shape index (κ2) is 10.9. The average molecular weight is 473 g/mol. The first kappa shape index (κ1) is 24.3. The van der Waals surface area contributed by atoms with Crippen molar-refractivity contribution in [3.8, 4) is 5.75 Å². The molecule has 0 unspecified atom stereocenters. The molecule has 0 fully saturated rings. The maximum Gasteiger partial charge on any atom is 0.232 e. The van der Waals surface area contributed by atoms with Crippen LogP contribution >= 0.6 is 23.2 Å². The quantitative estimate of drug-likeness (QED) is 0.537. The monoisotopic (exact) mass is 472 g/mol. The van der Waals surface area contributed by atoms with Crippen LogP contribution in [-0.2, 0) is 14.8 Å². The summed E-state index contributed by atoms with van der Waals surface area (Å²) < 4.78 is 31.0. The molecule has 1 N–H and O–H groups in total. The zero-order valence-corrected chi connectivity index (χ0v) is 19.5. The highest BCUT2D eigenvalue weighted by Crippen LogP contribution is 2.31. The number of benzene rings is 2. The molecule has 30 heavy (non-hydrogen) atoms. The van der Waals surface area contributed by atoms with Crippen molar-refractivity contribution in [2.45, 2.75) is 32.7 Å². The molecule has 0 aliphatic rings. The highest BCUT2D eigenvalue weighted by atomic mass is 35.5. The molecule has 0 aliphatic heterocycles. The Labute approximate surface area is 188 Å². The summed E-state index contributed by atoms with van der Waals surface area (Å²) in [5, 5.41) is 3.58. The van der Waals surface area contributed by atoms with Crippen LogP contribution in [0.2, 0.25) is 10.0 Å². The maximum atomic E-state index is 12.3. The second-order valence-corrected chi connectivity index (χ2v) is 9.58. The number of rotatable bonds is 10. The highest BCUT2D eigenvalue weighted by molar-refractivity contribution is 7.92. The van der Waals surface area contributed by atoms with E-state index in [2.05, 4.69) is 5.32 Å². The summed E-state index contributed by atoms with van der Waals surface area (Å²) in [4.78, 5) is 12.3. The first-order chi connectivity index (χ1) is 14.1. The lowest BCUT2D eigenvalue weighted by Crippen LogP contribution is -2.32. The zero-order valence-electron chi connectivity index (χ0n) is 17.2. The lowest BCUT2D eigenvalue weighted by Gasteiger charge is -2.23. The SMILES string of the molecule is CCOc1ccc([C@@H](C)NC(=O)CCCN(c2cc(Cl)ccc2Cl)S(C)(=O)=O)cc1. The van der Waals surface area contributed by atoms with Crippen molar-refractivity contribution >= 4 is 44.8 Å². The van der Waals surface area contributed by atoms with E-state index in [1.165, 1.54) is 10.4 Å². The van der Waals surface area contributed by atoms with E-state index in [0.29, 0.717) is 23.7 Å². The van der Waals surface area contributed by atoms with E-state index in [0.717, 1.165) is 17.6 Å². The van der Waals surface area contributed by atoms with E-state index in [-0.39, 0.29) is 29.9 Å². The van der Waals surface area contributed by atoms with Crippen molar-refractivity contribution in [1.29, 1.82) is 0 Å². The first-order valence-corrected chi connectivity index (χ1v) is 12.2. The van der Waals surface area contributed by atoms with Crippen LogP contribution < -0.4 is 14.4 Å². The number of hydrogen-bond acceptors (Lipinski definition) is 4. The van der Waals surface area contributed by atoms with E-state index >= 15 is 0 Å². The summed E-state index contributed by atoms with van der Waals surface area (Å²) in [7, 11) is -3.58. The Morgan fingerprint density at radius 3 is 2.43 bits per heavy atom. The number of halogens is 2. The summed E-state index contributed by atoms with van der Waals surface area (Å²) in [6, 6.07) is 12.0. The predicted octanol–water partition coefficient (Wildman–Crippen LogP) is 4.82. The van der Waals surface area contributed by atoms with Crippen molar-refractivity contribution in [2.75, 3.05) is 23.7 Å². The van der Waals surface area contributed by atoms with Gasteiger partial charge in [0.1, 0.15) is 5.75 Å². The molecule has 1 atom stereocenters. The molecule has 164 valence electrons. The van der Waals surface area contributed by atoms with Crippen LogP contribution in [0.5, 0.6) is 5.75 Å². The smallest absolute Gasteiger partial charge is 0.232 e. The molecule has 0 saturated carbocycles. The average Bonchev–Trinajstić information content (AvgIpc) is 2.67. The van der Waals surface area contributed by atoms with Crippen molar-refractivity contribution in [1.82, 2.24) is 5.32 Å². The largest absolute Gasteiger partial charge is 0.494 e. The third-order valence-corrected chi connectivity index (χ3v) is 6.15. The van der Waals surface area contributed by atoms with Crippen LogP contribution in [0.4, 0.5) is 5.69 Å². The zero-order chi connectivity index (χ0) is 22.3. The molecule has 0 spiro atoms. The van der Waals surface area contributed by atoms with Gasteiger partial charge in [-0.05, 0) is 56.2 Å². The molecule has 2 aromatic rings. The molecule has 9 heteroatoms. The Bertz CT molecular complexity index is 965. The summed E-state index contributed by atoms with van der Waals surface area (Å²) >= 11 is 12.1. The topological polar surface area (TPSA) is 75.7 Å². The molecule has 0 saturated heterocycles. The van der Waals surface area contributed by atoms with Gasteiger partial charge in [0.15, 0.2) is 0 Å². The Kier molecular flexibility index (Phi) is 8.82. The standard InChI is InChI=1S/C21H26Cl2N2O4S/c1-4-29-18-10-7-16(8-11-18)15(2)24-21(26)6-5-13-25(30(3,27)28)20-14-17(22)9-12-19(20)23/h7-12,14-15H,4-6,13H2,1-3H3,(H,24,26)/t15-/m1/s1. The van der Waals surface area contributed by atoms with Gasteiger partial charge in [-0.3, -0.25) is 9.10 Å². The molecule has 0 aromatic heterocycles. The molecule has 0 heterocycles. The van der Waals surface area contributed by atoms with Crippen molar-refractivity contribution in [3.63, 3.8) is 0 Å². The number of ether oxygens (including phenoxy) is 1. The van der Waals surface area contributed by atoms with Gasteiger partial charge >= 0.3 is 0 Å². The molecule has 1 amide bonds. The van der Waals surface area contributed by atoms with Gasteiger partial charge < -0.3 is 10.1 Å². The van der Waals surface area contributed by atoms with E-state index in [1.54, 1.807) is 12.1 Å². The summed E-state index contributed by atoms with van der Waals surface area (Å²) in [5.41, 5.74) is 1.25. The van der Waals surface area contributed by atoms with E-state index in [1.807, 2.05) is 38.1 Å². The fraction of sp³-hybridized carbons (Fsp3) is 0.381. The minimum absolute atomic E-state index is 0.115. The molecule has 2 aromatic carbocycles. The number of sulfonamides is 1. The van der Waals surface area contributed by atoms with Crippen LogP contribution in [0.25, 0.3) is 0 Å². The Balaban J connectivity index is 1.94. The Hall–Kier alpha value is -1.96. The number of anilines is 1. The van der Waals surface area contributed by atoms with Crippen LogP contribution in [-0.4, -0.2) is 33.7 Å². The van der Waals surface area contributed by atoms with Gasteiger partial charge in [0.05, 0.1) is 29.6 Å². The Morgan fingerprint density at radius 2 is 1.83 bits per heavy atom. The van der Waals surface area contributed by atoms with Gasteiger partial charge in [0, 0.05) is 18.0 Å². The number of hydrogen-bond donors (Lipinski definition) is 1. The first-order valence-electron chi connectivity index (χ1n) is 9.56. The minimum atomic E-state index is -3.58. The molecular formula is C21H26Cl2N2O4S. The lowest BCUT2D eigenvalue weighted by molar-refractivity contribution is -0.121. The highest BCUT2D eigenvalue weighted by Gasteiger charge is 2.21. The van der Waals surface area contributed by atoms with Gasteiger partial charge in [0.25, 0.3) is 0 Å². The number of amides is 1. The third kappa shape index (κ3) is 7.07. The van der Waals surface area contributed by atoms with Gasteiger partial charge in [-0.25, -0.2) is 8.42 Å².